The number of ether oxygens (including phenoxy) is 1. The van der Waals surface area contributed by atoms with Crippen molar-refractivity contribution in [3.63, 3.8) is 0 Å². The molecule has 2 bridgehead atoms. The Bertz CT molecular complexity index is 1970. The summed E-state index contributed by atoms with van der Waals surface area (Å²) in [5.41, 5.74) is -2.75. The first-order chi connectivity index (χ1) is 21.8. The molecule has 43 heavy (non-hydrogen) atoms. The highest BCUT2D eigenvalue weighted by molar-refractivity contribution is 5.93. The predicted molar refractivity (Wildman–Crippen MR) is 153 cm³/mol. The molecule has 4 aliphatic rings. The lowest BCUT2D eigenvalue weighted by Crippen LogP contribution is -2.51. The van der Waals surface area contributed by atoms with Gasteiger partial charge in [-0.2, -0.15) is 19.7 Å². The van der Waals surface area contributed by atoms with Gasteiger partial charge in [0.15, 0.2) is 11.6 Å². The van der Waals surface area contributed by atoms with Crippen LogP contribution in [0.3, 0.4) is 0 Å². The number of nitrogens with zero attached hydrogens (tertiary/aromatic N) is 6. The highest BCUT2D eigenvalue weighted by atomic mass is 19.2. The summed E-state index contributed by atoms with van der Waals surface area (Å²) >= 11 is 0. The number of hydrogen-bond donors (Lipinski definition) is 2. The SMILES string of the molecule is [2H]C([2H])(Oc1nc(N2C[C@H]3CC[C@@H](C2)N3)c2cnn(-c3cc(O)cc4ccc(F)c(F)c34)c(=O)c2n1)[C@@]12CCCN1C[C@]([2H])(F)C2. The zero-order valence-electron chi connectivity index (χ0n) is 26.0. The van der Waals surface area contributed by atoms with E-state index in [1.54, 1.807) is 4.90 Å². The maximum absolute atomic E-state index is 15.1. The van der Waals surface area contributed by atoms with Crippen LogP contribution in [0, 0.1) is 11.6 Å². The van der Waals surface area contributed by atoms with Crippen molar-refractivity contribution in [3.8, 4) is 17.4 Å². The minimum absolute atomic E-state index is 0.134. The molecule has 8 rings (SSSR count). The van der Waals surface area contributed by atoms with E-state index in [1.165, 1.54) is 18.3 Å². The van der Waals surface area contributed by atoms with Gasteiger partial charge >= 0.3 is 6.01 Å². The first-order valence-electron chi connectivity index (χ1n) is 15.9. The van der Waals surface area contributed by atoms with E-state index in [0.717, 1.165) is 29.7 Å². The van der Waals surface area contributed by atoms with Crippen molar-refractivity contribution in [2.45, 2.75) is 55.9 Å². The van der Waals surface area contributed by atoms with Gasteiger partial charge in [-0.25, -0.2) is 13.2 Å². The molecule has 4 aromatic rings. The molecule has 2 aromatic carbocycles. The zero-order chi connectivity index (χ0) is 32.2. The molecule has 0 amide bonds. The van der Waals surface area contributed by atoms with Gasteiger partial charge < -0.3 is 20.1 Å². The van der Waals surface area contributed by atoms with Crippen LogP contribution in [0.25, 0.3) is 27.4 Å². The Morgan fingerprint density at radius 3 is 2.81 bits per heavy atom. The molecular formula is C30H30F3N7O3. The van der Waals surface area contributed by atoms with Crippen LogP contribution >= 0.6 is 0 Å². The number of rotatable bonds is 5. The summed E-state index contributed by atoms with van der Waals surface area (Å²) in [6.45, 7) is -1.30. The third-order valence-electron chi connectivity index (χ3n) is 9.12. The van der Waals surface area contributed by atoms with Crippen molar-refractivity contribution in [1.82, 2.24) is 30.0 Å². The van der Waals surface area contributed by atoms with Gasteiger partial charge in [0.1, 0.15) is 29.8 Å². The number of fused-ring (bicyclic) bond motifs is 5. The molecule has 0 spiro atoms. The van der Waals surface area contributed by atoms with Crippen molar-refractivity contribution in [1.29, 1.82) is 0 Å². The number of nitrogens with one attached hydrogen (secondary N) is 1. The number of hydrogen-bond acceptors (Lipinski definition) is 9. The van der Waals surface area contributed by atoms with Crippen molar-refractivity contribution in [3.05, 3.63) is 52.5 Å². The fourth-order valence-electron chi connectivity index (χ4n) is 7.18. The molecule has 4 saturated heterocycles. The zero-order valence-corrected chi connectivity index (χ0v) is 23.0. The Kier molecular flexibility index (Phi) is 5.34. The molecule has 10 nitrogen and oxygen atoms in total. The Labute approximate surface area is 248 Å². The largest absolute Gasteiger partial charge is 0.508 e. The second kappa shape index (κ2) is 9.78. The summed E-state index contributed by atoms with van der Waals surface area (Å²) in [5, 5.41) is 18.3. The number of alkyl halides is 1. The molecule has 2 aromatic heterocycles. The van der Waals surface area contributed by atoms with E-state index in [9.17, 15) is 18.7 Å². The molecule has 4 atom stereocenters. The minimum Gasteiger partial charge on any atom is -0.508 e. The summed E-state index contributed by atoms with van der Waals surface area (Å²) in [5.74, 6) is -2.40. The van der Waals surface area contributed by atoms with Crippen LogP contribution in [0.4, 0.5) is 19.0 Å². The Morgan fingerprint density at radius 2 is 2.00 bits per heavy atom. The van der Waals surface area contributed by atoms with E-state index >= 15 is 4.39 Å². The van der Waals surface area contributed by atoms with Crippen LogP contribution in [-0.2, 0) is 0 Å². The van der Waals surface area contributed by atoms with Crippen molar-refractivity contribution < 1.29 is 27.1 Å². The third-order valence-corrected chi connectivity index (χ3v) is 9.12. The second-order valence-corrected chi connectivity index (χ2v) is 11.9. The van der Waals surface area contributed by atoms with Crippen LogP contribution in [-0.4, -0.2) is 86.3 Å². The minimum atomic E-state index is -2.54. The van der Waals surface area contributed by atoms with Gasteiger partial charge in [-0.05, 0) is 49.7 Å². The lowest BCUT2D eigenvalue weighted by atomic mass is 9.95. The monoisotopic (exact) mass is 596 g/mol. The van der Waals surface area contributed by atoms with Gasteiger partial charge in [0.25, 0.3) is 5.56 Å². The number of phenolic OH excluding ortho intramolecular Hbond substituents is 1. The van der Waals surface area contributed by atoms with Gasteiger partial charge in [-0.3, -0.25) is 9.69 Å². The van der Waals surface area contributed by atoms with Gasteiger partial charge in [0.2, 0.25) is 0 Å². The molecule has 0 radical (unpaired) electrons. The van der Waals surface area contributed by atoms with Crippen LogP contribution in [0.5, 0.6) is 11.8 Å². The van der Waals surface area contributed by atoms with Gasteiger partial charge in [-0.1, -0.05) is 6.07 Å². The predicted octanol–water partition coefficient (Wildman–Crippen LogP) is 3.21. The Balaban J connectivity index is 1.30. The Hall–Kier alpha value is -3.97. The number of benzene rings is 2. The summed E-state index contributed by atoms with van der Waals surface area (Å²) in [4.78, 5) is 26.6. The normalized spacial score (nSPS) is 30.0. The Morgan fingerprint density at radius 1 is 1.19 bits per heavy atom. The average Bonchev–Trinajstić information content (AvgIpc) is 3.63. The van der Waals surface area contributed by atoms with Crippen molar-refractivity contribution in [2.24, 2.45) is 0 Å². The number of aromatic nitrogens is 4. The van der Waals surface area contributed by atoms with Gasteiger partial charge in [0.05, 0.1) is 26.9 Å². The van der Waals surface area contributed by atoms with E-state index in [4.69, 9.17) is 8.85 Å². The van der Waals surface area contributed by atoms with Crippen LogP contribution in [0.2, 0.25) is 0 Å². The number of aromatic hydroxyl groups is 1. The molecule has 224 valence electrons. The van der Waals surface area contributed by atoms with Crippen LogP contribution in [0.15, 0.2) is 35.3 Å². The van der Waals surface area contributed by atoms with Gasteiger partial charge in [0, 0.05) is 49.6 Å². The molecule has 2 N–H and O–H groups in total. The maximum atomic E-state index is 15.1. The molecule has 0 aliphatic carbocycles. The van der Waals surface area contributed by atoms with Crippen LogP contribution in [0.1, 0.15) is 36.2 Å². The number of anilines is 1. The molecule has 4 aliphatic heterocycles. The molecule has 0 unspecified atom stereocenters. The van der Waals surface area contributed by atoms with E-state index in [-0.39, 0.29) is 64.0 Å². The fourth-order valence-corrected chi connectivity index (χ4v) is 7.18. The van der Waals surface area contributed by atoms with E-state index in [0.29, 0.717) is 26.1 Å². The van der Waals surface area contributed by atoms with E-state index in [1.807, 2.05) is 4.90 Å². The van der Waals surface area contributed by atoms with E-state index < -0.39 is 47.9 Å². The summed E-state index contributed by atoms with van der Waals surface area (Å²) in [7, 11) is 0. The molecular weight excluding hydrogens is 563 g/mol. The molecule has 4 fully saturated rings. The standard InChI is InChI=1S/C30H30F3N7O3/c31-17-10-30(6-1-7-39(30)12-17)15-43-29-36-26-21(27(37-29)38-13-18-3-4-19(14-38)35-18)11-34-40(28(26)42)23-9-20(41)8-16-2-5-22(32)25(33)24(16)23/h2,5,8-9,11,17-19,35,41H,1,3-4,6-7,10,12-15H2/t17-,18-,19+,30+/m1/s1/i15D2,17D. The highest BCUT2D eigenvalue weighted by Gasteiger charge is 2.49. The number of phenols is 1. The quantitative estimate of drug-likeness (QED) is 0.359. The maximum Gasteiger partial charge on any atom is 0.319 e. The molecule has 0 saturated carbocycles. The smallest absolute Gasteiger partial charge is 0.319 e. The first kappa shape index (κ1) is 23.5. The summed E-state index contributed by atoms with van der Waals surface area (Å²) < 4.78 is 77.1. The first-order valence-corrected chi connectivity index (χ1v) is 14.4. The van der Waals surface area contributed by atoms with Gasteiger partial charge in [-0.15, -0.1) is 0 Å². The summed E-state index contributed by atoms with van der Waals surface area (Å²) in [6, 6.07) is 4.39. The third kappa shape index (κ3) is 4.31. The summed E-state index contributed by atoms with van der Waals surface area (Å²) in [6.07, 6.45) is 1.32. The van der Waals surface area contributed by atoms with Crippen molar-refractivity contribution >= 4 is 27.5 Å². The molecule has 6 heterocycles. The van der Waals surface area contributed by atoms with Crippen molar-refractivity contribution in [2.75, 3.05) is 37.6 Å². The molecule has 13 heteroatoms. The topological polar surface area (TPSA) is 109 Å². The van der Waals surface area contributed by atoms with Crippen LogP contribution < -0.4 is 20.5 Å². The number of piperazine rings is 1. The lowest BCUT2D eigenvalue weighted by molar-refractivity contribution is 0.107. The van der Waals surface area contributed by atoms with E-state index in [2.05, 4.69) is 20.4 Å². The average molecular weight is 597 g/mol. The second-order valence-electron chi connectivity index (χ2n) is 11.9. The highest BCUT2D eigenvalue weighted by Crippen LogP contribution is 2.40. The lowest BCUT2D eigenvalue weighted by Gasteiger charge is -2.34. The number of halogens is 3. The fraction of sp³-hybridized carbons (Fsp3) is 0.467.